The number of hydrogen-bond acceptors (Lipinski definition) is 4. The zero-order valence-corrected chi connectivity index (χ0v) is 15.0. The highest BCUT2D eigenvalue weighted by Crippen LogP contribution is 2.50. The molecule has 1 fully saturated rings. The van der Waals surface area contributed by atoms with Crippen LogP contribution in [0.3, 0.4) is 0 Å². The molecule has 0 spiro atoms. The first-order valence-electron chi connectivity index (χ1n) is 8.13. The smallest absolute Gasteiger partial charge is 0.326 e. The summed E-state index contributed by atoms with van der Waals surface area (Å²) in [5.74, 6) is -1.34. The Balaban J connectivity index is 1.77. The molecule has 0 radical (unpaired) electrons. The van der Waals surface area contributed by atoms with E-state index >= 15 is 0 Å². The number of carboxylic acids is 1. The fraction of sp³-hybridized carbons (Fsp3) is 0.588. The van der Waals surface area contributed by atoms with E-state index in [1.165, 1.54) is 10.4 Å². The normalized spacial score (nSPS) is 20.5. The van der Waals surface area contributed by atoms with Crippen molar-refractivity contribution in [3.8, 4) is 0 Å². The third-order valence-corrected chi connectivity index (χ3v) is 5.28. The van der Waals surface area contributed by atoms with Crippen LogP contribution in [-0.4, -0.2) is 35.5 Å². The number of thiophene rings is 1. The van der Waals surface area contributed by atoms with Gasteiger partial charge in [-0.2, -0.15) is 0 Å². The van der Waals surface area contributed by atoms with Crippen molar-refractivity contribution in [2.24, 2.45) is 11.8 Å². The monoisotopic (exact) mass is 352 g/mol. The predicted octanol–water partition coefficient (Wildman–Crippen LogP) is 1.89. The number of hydrogen-bond donors (Lipinski definition) is 3. The van der Waals surface area contributed by atoms with Crippen molar-refractivity contribution in [1.29, 1.82) is 0 Å². The third-order valence-electron chi connectivity index (χ3n) is 4.13. The number of nitrogens with one attached hydrogen (secondary N) is 2. The van der Waals surface area contributed by atoms with Crippen LogP contribution in [0.5, 0.6) is 0 Å². The van der Waals surface area contributed by atoms with E-state index < -0.39 is 17.9 Å². The van der Waals surface area contributed by atoms with Gasteiger partial charge in [-0.1, -0.05) is 13.8 Å². The second-order valence-electron chi connectivity index (χ2n) is 6.72. The second-order valence-corrected chi connectivity index (χ2v) is 7.67. The van der Waals surface area contributed by atoms with Crippen molar-refractivity contribution in [2.45, 2.75) is 45.6 Å². The molecule has 6 nitrogen and oxygen atoms in total. The maximum Gasteiger partial charge on any atom is 0.326 e. The van der Waals surface area contributed by atoms with E-state index in [-0.39, 0.29) is 30.2 Å². The summed E-state index contributed by atoms with van der Waals surface area (Å²) in [6.45, 7) is 5.63. The molecule has 0 aliphatic heterocycles. The van der Waals surface area contributed by atoms with Crippen molar-refractivity contribution in [1.82, 2.24) is 10.6 Å². The first kappa shape index (κ1) is 18.4. The molecule has 7 heteroatoms. The van der Waals surface area contributed by atoms with E-state index in [2.05, 4.69) is 10.6 Å². The van der Waals surface area contributed by atoms with Gasteiger partial charge in [0.2, 0.25) is 11.8 Å². The maximum atomic E-state index is 12.1. The lowest BCUT2D eigenvalue weighted by atomic mass is 10.0. The van der Waals surface area contributed by atoms with Crippen molar-refractivity contribution < 1.29 is 19.5 Å². The Kier molecular flexibility index (Phi) is 5.99. The van der Waals surface area contributed by atoms with Crippen molar-refractivity contribution in [2.75, 3.05) is 6.54 Å². The minimum atomic E-state index is -1.06. The molecule has 1 aliphatic rings. The van der Waals surface area contributed by atoms with Gasteiger partial charge < -0.3 is 15.7 Å². The highest BCUT2D eigenvalue weighted by molar-refractivity contribution is 7.10. The van der Waals surface area contributed by atoms with Crippen molar-refractivity contribution in [3.63, 3.8) is 0 Å². The van der Waals surface area contributed by atoms with E-state index in [1.54, 1.807) is 11.3 Å². The fourth-order valence-corrected chi connectivity index (χ4v) is 3.88. The van der Waals surface area contributed by atoms with Gasteiger partial charge in [-0.3, -0.25) is 9.59 Å². The van der Waals surface area contributed by atoms with E-state index in [9.17, 15) is 14.4 Å². The zero-order valence-electron chi connectivity index (χ0n) is 14.2. The quantitative estimate of drug-likeness (QED) is 0.666. The van der Waals surface area contributed by atoms with E-state index in [1.807, 2.05) is 32.2 Å². The number of carbonyl (C=O) groups excluding carboxylic acids is 2. The van der Waals surface area contributed by atoms with Gasteiger partial charge in [0.05, 0.1) is 6.54 Å². The predicted molar refractivity (Wildman–Crippen MR) is 91.9 cm³/mol. The lowest BCUT2D eigenvalue weighted by Gasteiger charge is -2.16. The SMILES string of the molecule is Cc1ccsc1C1CC1C(=O)NCC(=O)N[C@@H](CC(C)C)C(=O)O. The molecule has 1 aliphatic carbocycles. The molecule has 1 aromatic heterocycles. The molecular weight excluding hydrogens is 328 g/mol. The number of carbonyl (C=O) groups is 3. The minimum absolute atomic E-state index is 0.0823. The van der Waals surface area contributed by atoms with Gasteiger partial charge in [-0.05, 0) is 42.7 Å². The minimum Gasteiger partial charge on any atom is -0.480 e. The van der Waals surface area contributed by atoms with E-state index in [4.69, 9.17) is 5.11 Å². The first-order chi connectivity index (χ1) is 11.3. The Morgan fingerprint density at radius 2 is 2.08 bits per heavy atom. The summed E-state index contributed by atoms with van der Waals surface area (Å²) in [7, 11) is 0. The summed E-state index contributed by atoms with van der Waals surface area (Å²) >= 11 is 1.66. The molecule has 1 saturated carbocycles. The summed E-state index contributed by atoms with van der Waals surface area (Å²) in [6.07, 6.45) is 1.16. The van der Waals surface area contributed by atoms with Crippen LogP contribution in [-0.2, 0) is 14.4 Å². The summed E-state index contributed by atoms with van der Waals surface area (Å²) in [5.41, 5.74) is 1.20. The molecule has 132 valence electrons. The number of rotatable bonds is 8. The van der Waals surface area contributed by atoms with Crippen LogP contribution in [0.2, 0.25) is 0 Å². The van der Waals surface area contributed by atoms with Crippen LogP contribution in [0.4, 0.5) is 0 Å². The molecule has 1 heterocycles. The van der Waals surface area contributed by atoms with Crippen molar-refractivity contribution in [3.05, 3.63) is 21.9 Å². The fourth-order valence-electron chi connectivity index (χ4n) is 2.78. The van der Waals surface area contributed by atoms with Gasteiger partial charge in [0, 0.05) is 16.7 Å². The molecule has 2 unspecified atom stereocenters. The van der Waals surface area contributed by atoms with E-state index in [0.717, 1.165) is 6.42 Å². The van der Waals surface area contributed by atoms with Gasteiger partial charge in [-0.15, -0.1) is 11.3 Å². The summed E-state index contributed by atoms with van der Waals surface area (Å²) < 4.78 is 0. The van der Waals surface area contributed by atoms with Crippen LogP contribution in [0.15, 0.2) is 11.4 Å². The van der Waals surface area contributed by atoms with Crippen LogP contribution < -0.4 is 10.6 Å². The molecule has 2 rings (SSSR count). The molecule has 3 atom stereocenters. The Morgan fingerprint density at radius 1 is 1.38 bits per heavy atom. The Bertz CT molecular complexity index is 626. The number of amides is 2. The van der Waals surface area contributed by atoms with Crippen LogP contribution in [0, 0.1) is 18.8 Å². The Morgan fingerprint density at radius 3 is 2.62 bits per heavy atom. The second kappa shape index (κ2) is 7.79. The topological polar surface area (TPSA) is 95.5 Å². The van der Waals surface area contributed by atoms with Crippen LogP contribution in [0.25, 0.3) is 0 Å². The highest BCUT2D eigenvalue weighted by Gasteiger charge is 2.45. The number of aryl methyl sites for hydroxylation is 1. The highest BCUT2D eigenvalue weighted by atomic mass is 32.1. The lowest BCUT2D eigenvalue weighted by Crippen LogP contribution is -2.46. The van der Waals surface area contributed by atoms with E-state index in [0.29, 0.717) is 6.42 Å². The summed E-state index contributed by atoms with van der Waals surface area (Å²) in [5, 5.41) is 16.2. The third kappa shape index (κ3) is 4.80. The van der Waals surface area contributed by atoms with Gasteiger partial charge in [0.15, 0.2) is 0 Å². The molecule has 1 aromatic rings. The average molecular weight is 352 g/mol. The Labute approximate surface area is 145 Å². The summed E-state index contributed by atoms with van der Waals surface area (Å²) in [6, 6.07) is 1.12. The van der Waals surface area contributed by atoms with Crippen molar-refractivity contribution >= 4 is 29.1 Å². The maximum absolute atomic E-state index is 12.1. The molecule has 24 heavy (non-hydrogen) atoms. The number of aliphatic carboxylic acids is 1. The van der Waals surface area contributed by atoms with Crippen LogP contribution >= 0.6 is 11.3 Å². The molecule has 2 amide bonds. The Hall–Kier alpha value is -1.89. The molecular formula is C17H24N2O4S. The van der Waals surface area contributed by atoms with Crippen LogP contribution in [0.1, 0.15) is 43.0 Å². The average Bonchev–Trinajstić information content (AvgIpc) is 3.18. The first-order valence-corrected chi connectivity index (χ1v) is 9.01. The van der Waals surface area contributed by atoms with Gasteiger partial charge >= 0.3 is 5.97 Å². The van der Waals surface area contributed by atoms with Gasteiger partial charge in [0.25, 0.3) is 0 Å². The lowest BCUT2D eigenvalue weighted by molar-refractivity contribution is -0.142. The standard InChI is InChI=1S/C17H24N2O4S/c1-9(2)6-13(17(22)23)19-14(20)8-18-16(21)12-7-11(12)15-10(3)4-5-24-15/h4-5,9,11-13H,6-8H2,1-3H3,(H,18,21)(H,19,20)(H,22,23)/t11?,12?,13-/m0/s1. The largest absolute Gasteiger partial charge is 0.480 e. The molecule has 0 bridgehead atoms. The molecule has 0 aromatic carbocycles. The zero-order chi connectivity index (χ0) is 17.9. The molecule has 0 saturated heterocycles. The number of carboxylic acid groups (broad SMARTS) is 1. The summed E-state index contributed by atoms with van der Waals surface area (Å²) in [4.78, 5) is 36.4. The molecule has 3 N–H and O–H groups in total. The van der Waals surface area contributed by atoms with Gasteiger partial charge in [-0.25, -0.2) is 4.79 Å². The van der Waals surface area contributed by atoms with Gasteiger partial charge in [0.1, 0.15) is 6.04 Å².